The van der Waals surface area contributed by atoms with E-state index < -0.39 is 0 Å². The maximum absolute atomic E-state index is 5.95. The molecule has 0 amide bonds. The van der Waals surface area contributed by atoms with Gasteiger partial charge in [0.05, 0.1) is 10.5 Å². The molecule has 1 aromatic carbocycles. The molecule has 6 heteroatoms. The molecule has 3 nitrogen and oxygen atoms in total. The largest absolute Gasteiger partial charge is 0.451 e. The summed E-state index contributed by atoms with van der Waals surface area (Å²) in [5, 5.41) is 0.739. The lowest BCUT2D eigenvalue weighted by atomic mass is 10.0. The molecule has 2 atom stereocenters. The van der Waals surface area contributed by atoms with Crippen LogP contribution in [-0.4, -0.2) is 18.5 Å². The SMILES string of the molecule is CC(c1ccc(Cl)cc1)N(C)C(CN)c1cc(Br)c(Br)o1. The molecule has 1 aromatic heterocycles. The Morgan fingerprint density at radius 1 is 1.29 bits per heavy atom. The highest BCUT2D eigenvalue weighted by Crippen LogP contribution is 2.34. The molecular formula is C15H17Br2ClN2O. The molecule has 0 spiro atoms. The molecule has 0 radical (unpaired) electrons. The molecule has 2 aromatic rings. The summed E-state index contributed by atoms with van der Waals surface area (Å²) in [5.41, 5.74) is 7.14. The fraction of sp³-hybridized carbons (Fsp3) is 0.333. The van der Waals surface area contributed by atoms with E-state index in [4.69, 9.17) is 21.8 Å². The number of benzene rings is 1. The van der Waals surface area contributed by atoms with Crippen LogP contribution in [-0.2, 0) is 0 Å². The van der Waals surface area contributed by atoms with E-state index in [9.17, 15) is 0 Å². The first-order valence-corrected chi connectivity index (χ1v) is 8.52. The molecule has 0 fully saturated rings. The maximum atomic E-state index is 5.95. The monoisotopic (exact) mass is 434 g/mol. The van der Waals surface area contributed by atoms with Gasteiger partial charge in [-0.05, 0) is 69.6 Å². The van der Waals surface area contributed by atoms with E-state index in [0.717, 1.165) is 15.3 Å². The van der Waals surface area contributed by atoms with E-state index >= 15 is 0 Å². The zero-order valence-electron chi connectivity index (χ0n) is 11.8. The second kappa shape index (κ2) is 7.29. The molecule has 0 saturated carbocycles. The fourth-order valence-corrected chi connectivity index (χ4v) is 2.99. The zero-order chi connectivity index (χ0) is 15.6. The molecule has 0 aliphatic rings. The van der Waals surface area contributed by atoms with Gasteiger partial charge in [-0.1, -0.05) is 23.7 Å². The van der Waals surface area contributed by atoms with Crippen LogP contribution in [0.25, 0.3) is 0 Å². The van der Waals surface area contributed by atoms with Gasteiger partial charge in [-0.2, -0.15) is 0 Å². The quantitative estimate of drug-likeness (QED) is 0.705. The molecule has 0 aliphatic heterocycles. The van der Waals surface area contributed by atoms with Gasteiger partial charge in [0.25, 0.3) is 0 Å². The lowest BCUT2D eigenvalue weighted by Gasteiger charge is -2.31. The molecule has 0 aliphatic carbocycles. The summed E-state index contributed by atoms with van der Waals surface area (Å²) < 4.78 is 7.30. The molecular weight excluding hydrogens is 419 g/mol. The van der Waals surface area contributed by atoms with E-state index in [1.807, 2.05) is 37.4 Å². The number of furan rings is 1. The summed E-state index contributed by atoms with van der Waals surface area (Å²) in [5.74, 6) is 0.833. The summed E-state index contributed by atoms with van der Waals surface area (Å²) in [6.45, 7) is 2.61. The number of halogens is 3. The van der Waals surface area contributed by atoms with Crippen molar-refractivity contribution in [1.29, 1.82) is 0 Å². The van der Waals surface area contributed by atoms with Crippen LogP contribution in [0.4, 0.5) is 0 Å². The van der Waals surface area contributed by atoms with Crippen molar-refractivity contribution >= 4 is 43.5 Å². The minimum absolute atomic E-state index is 0.00159. The van der Waals surface area contributed by atoms with Gasteiger partial charge in [0.2, 0.25) is 0 Å². The summed E-state index contributed by atoms with van der Waals surface area (Å²) in [6, 6.07) is 10.0. The lowest BCUT2D eigenvalue weighted by Crippen LogP contribution is -2.32. The zero-order valence-corrected chi connectivity index (χ0v) is 15.7. The summed E-state index contributed by atoms with van der Waals surface area (Å²) >= 11 is 12.7. The minimum atomic E-state index is -0.00159. The Kier molecular flexibility index (Phi) is 5.91. The number of rotatable bonds is 5. The Balaban J connectivity index is 2.23. The predicted molar refractivity (Wildman–Crippen MR) is 93.5 cm³/mol. The second-order valence-corrected chi connectivity index (χ2v) is 6.93. The smallest absolute Gasteiger partial charge is 0.183 e. The third kappa shape index (κ3) is 3.90. The van der Waals surface area contributed by atoms with E-state index in [0.29, 0.717) is 11.2 Å². The van der Waals surface area contributed by atoms with Crippen molar-refractivity contribution in [3.8, 4) is 0 Å². The molecule has 114 valence electrons. The Labute approximate surface area is 146 Å². The Hall–Kier alpha value is -0.330. The first-order chi connectivity index (χ1) is 9.93. The van der Waals surface area contributed by atoms with Gasteiger partial charge in [-0.25, -0.2) is 0 Å². The first kappa shape index (κ1) is 17.0. The molecule has 2 N–H and O–H groups in total. The molecule has 2 rings (SSSR count). The topological polar surface area (TPSA) is 42.4 Å². The van der Waals surface area contributed by atoms with E-state index in [2.05, 4.69) is 43.7 Å². The number of nitrogens with zero attached hydrogens (tertiary/aromatic N) is 1. The van der Waals surface area contributed by atoms with E-state index in [-0.39, 0.29) is 12.1 Å². The van der Waals surface area contributed by atoms with Crippen LogP contribution in [0.2, 0.25) is 5.02 Å². The fourth-order valence-electron chi connectivity index (χ4n) is 2.26. The normalized spacial score (nSPS) is 14.4. The average Bonchev–Trinajstić information content (AvgIpc) is 2.79. The lowest BCUT2D eigenvalue weighted by molar-refractivity contribution is 0.168. The van der Waals surface area contributed by atoms with Crippen LogP contribution in [0.3, 0.4) is 0 Å². The van der Waals surface area contributed by atoms with Gasteiger partial charge in [0.15, 0.2) is 4.67 Å². The van der Waals surface area contributed by atoms with Crippen LogP contribution in [0.1, 0.15) is 30.3 Å². The highest BCUT2D eigenvalue weighted by atomic mass is 79.9. The first-order valence-electron chi connectivity index (χ1n) is 6.56. The number of hydrogen-bond donors (Lipinski definition) is 1. The summed E-state index contributed by atoms with van der Waals surface area (Å²) in [7, 11) is 2.04. The standard InChI is InChI=1S/C15H17Br2ClN2O/c1-9(10-3-5-11(18)6-4-10)20(2)13(8-19)14-7-12(16)15(17)21-14/h3-7,9,13H,8,19H2,1-2H3. The molecule has 1 heterocycles. The number of likely N-dealkylation sites (N-methyl/N-ethyl adjacent to an activating group) is 1. The highest BCUT2D eigenvalue weighted by Gasteiger charge is 2.25. The third-order valence-electron chi connectivity index (χ3n) is 3.67. The maximum Gasteiger partial charge on any atom is 0.183 e. The Morgan fingerprint density at radius 3 is 2.38 bits per heavy atom. The van der Waals surface area contributed by atoms with Crippen LogP contribution in [0.5, 0.6) is 0 Å². The van der Waals surface area contributed by atoms with Crippen molar-refractivity contribution in [3.63, 3.8) is 0 Å². The number of hydrogen-bond acceptors (Lipinski definition) is 3. The van der Waals surface area contributed by atoms with Gasteiger partial charge < -0.3 is 10.2 Å². The predicted octanol–water partition coefficient (Wildman–Crippen LogP) is 5.15. The van der Waals surface area contributed by atoms with Crippen molar-refractivity contribution in [2.75, 3.05) is 13.6 Å². The van der Waals surface area contributed by atoms with Gasteiger partial charge in [-0.15, -0.1) is 0 Å². The van der Waals surface area contributed by atoms with Crippen molar-refractivity contribution < 1.29 is 4.42 Å². The van der Waals surface area contributed by atoms with Gasteiger partial charge in [-0.3, -0.25) is 4.90 Å². The van der Waals surface area contributed by atoms with Gasteiger partial charge in [0, 0.05) is 17.6 Å². The molecule has 2 unspecified atom stereocenters. The third-order valence-corrected chi connectivity index (χ3v) is 5.63. The van der Waals surface area contributed by atoms with Crippen molar-refractivity contribution in [1.82, 2.24) is 4.90 Å². The summed E-state index contributed by atoms with van der Waals surface area (Å²) in [6.07, 6.45) is 0. The van der Waals surface area contributed by atoms with Gasteiger partial charge >= 0.3 is 0 Å². The Morgan fingerprint density at radius 2 is 1.90 bits per heavy atom. The van der Waals surface area contributed by atoms with Crippen molar-refractivity contribution in [2.24, 2.45) is 5.73 Å². The van der Waals surface area contributed by atoms with Crippen LogP contribution < -0.4 is 5.73 Å². The minimum Gasteiger partial charge on any atom is -0.451 e. The van der Waals surface area contributed by atoms with E-state index in [1.54, 1.807) is 0 Å². The van der Waals surface area contributed by atoms with Crippen molar-refractivity contribution in [2.45, 2.75) is 19.0 Å². The van der Waals surface area contributed by atoms with Crippen molar-refractivity contribution in [3.05, 3.63) is 55.8 Å². The molecule has 21 heavy (non-hydrogen) atoms. The highest BCUT2D eigenvalue weighted by molar-refractivity contribution is 9.13. The second-order valence-electron chi connectivity index (χ2n) is 4.91. The molecule has 0 bridgehead atoms. The van der Waals surface area contributed by atoms with Gasteiger partial charge in [0.1, 0.15) is 5.76 Å². The van der Waals surface area contributed by atoms with Crippen LogP contribution in [0.15, 0.2) is 43.9 Å². The van der Waals surface area contributed by atoms with Crippen LogP contribution in [0, 0.1) is 0 Å². The van der Waals surface area contributed by atoms with E-state index in [1.165, 1.54) is 5.56 Å². The average molecular weight is 437 g/mol. The summed E-state index contributed by atoms with van der Waals surface area (Å²) in [4.78, 5) is 2.20. The Bertz CT molecular complexity index is 581. The van der Waals surface area contributed by atoms with Crippen LogP contribution >= 0.6 is 43.5 Å². The number of nitrogens with two attached hydrogens (primary N) is 1. The molecule has 0 saturated heterocycles.